The minimum absolute atomic E-state index is 0.539. The van der Waals surface area contributed by atoms with E-state index in [1.54, 1.807) is 0 Å². The van der Waals surface area contributed by atoms with Crippen molar-refractivity contribution >= 4 is 0 Å². The summed E-state index contributed by atoms with van der Waals surface area (Å²) >= 11 is 0. The predicted octanol–water partition coefficient (Wildman–Crippen LogP) is 4.08. The third-order valence-corrected chi connectivity index (χ3v) is 4.45. The number of unbranched alkanes of at least 4 members (excludes halogenated alkanes) is 8. The van der Waals surface area contributed by atoms with Gasteiger partial charge in [0.15, 0.2) is 0 Å². The van der Waals surface area contributed by atoms with Gasteiger partial charge >= 0.3 is 0 Å². The molecule has 1 aliphatic rings. The second-order valence-corrected chi connectivity index (χ2v) is 6.52. The van der Waals surface area contributed by atoms with Crippen molar-refractivity contribution in [1.29, 1.82) is 0 Å². The molecule has 0 saturated heterocycles. The highest BCUT2D eigenvalue weighted by Crippen LogP contribution is 2.27. The lowest BCUT2D eigenvalue weighted by Gasteiger charge is -2.27. The van der Waals surface area contributed by atoms with Gasteiger partial charge in [-0.05, 0) is 38.5 Å². The van der Waals surface area contributed by atoms with E-state index in [1.807, 2.05) is 0 Å². The van der Waals surface area contributed by atoms with E-state index >= 15 is 0 Å². The Labute approximate surface area is 125 Å². The number of aliphatic hydroxyl groups excluding tert-OH is 1. The zero-order valence-electron chi connectivity index (χ0n) is 13.4. The lowest BCUT2D eigenvalue weighted by molar-refractivity contribution is -0.0441. The molecule has 0 amide bonds. The van der Waals surface area contributed by atoms with Gasteiger partial charge in [-0.25, -0.2) is 0 Å². The molecule has 0 aromatic carbocycles. The number of hydrogen-bond acceptors (Lipinski definition) is 3. The minimum atomic E-state index is -0.793. The zero-order valence-corrected chi connectivity index (χ0v) is 13.4. The van der Waals surface area contributed by atoms with E-state index in [2.05, 4.69) is 12.2 Å². The molecule has 0 bridgehead atoms. The molecule has 1 rings (SSSR count). The summed E-state index contributed by atoms with van der Waals surface area (Å²) in [6.45, 7) is 2.25. The largest absolute Gasteiger partial charge is 0.379 e. The fraction of sp³-hybridized carbons (Fsp3) is 1.00. The summed E-state index contributed by atoms with van der Waals surface area (Å²) in [5.41, 5.74) is -0.793. The molecule has 0 heterocycles. The van der Waals surface area contributed by atoms with Gasteiger partial charge in [0.05, 0.1) is 0 Å². The van der Waals surface area contributed by atoms with Crippen molar-refractivity contribution in [2.75, 3.05) is 0 Å². The Morgan fingerprint density at radius 3 is 1.95 bits per heavy atom. The predicted molar refractivity (Wildman–Crippen MR) is 84.4 cm³/mol. The van der Waals surface area contributed by atoms with Crippen LogP contribution in [0.4, 0.5) is 0 Å². The molecule has 1 aliphatic carbocycles. The number of hydrogen-bond donors (Lipinski definition) is 3. The molecule has 0 radical (unpaired) electrons. The number of aliphatic hydroxyl groups is 2. The Kier molecular flexibility index (Phi) is 9.49. The third-order valence-electron chi connectivity index (χ3n) is 4.45. The van der Waals surface area contributed by atoms with Crippen molar-refractivity contribution in [1.82, 2.24) is 5.32 Å². The fourth-order valence-corrected chi connectivity index (χ4v) is 3.13. The first-order chi connectivity index (χ1) is 9.66. The molecule has 3 nitrogen and oxygen atoms in total. The lowest BCUT2D eigenvalue weighted by Crippen LogP contribution is -2.48. The van der Waals surface area contributed by atoms with Gasteiger partial charge in [-0.15, -0.1) is 0 Å². The van der Waals surface area contributed by atoms with Crippen molar-refractivity contribution in [2.24, 2.45) is 0 Å². The summed E-state index contributed by atoms with van der Waals surface area (Å²) in [6, 6.07) is 0. The van der Waals surface area contributed by atoms with Gasteiger partial charge in [-0.1, -0.05) is 58.3 Å². The average molecular weight is 285 g/mol. The molecule has 1 fully saturated rings. The molecule has 3 N–H and O–H groups in total. The molecule has 20 heavy (non-hydrogen) atoms. The van der Waals surface area contributed by atoms with Crippen LogP contribution in [0, 0.1) is 0 Å². The van der Waals surface area contributed by atoms with E-state index < -0.39 is 12.0 Å². The number of rotatable bonds is 12. The van der Waals surface area contributed by atoms with Crippen molar-refractivity contribution in [3.8, 4) is 0 Å². The summed E-state index contributed by atoms with van der Waals surface area (Å²) in [6.07, 6.45) is 15.6. The first kappa shape index (κ1) is 17.9. The topological polar surface area (TPSA) is 52.5 Å². The second kappa shape index (κ2) is 10.6. The van der Waals surface area contributed by atoms with Crippen LogP contribution < -0.4 is 5.32 Å². The fourth-order valence-electron chi connectivity index (χ4n) is 3.13. The average Bonchev–Trinajstić information content (AvgIpc) is 2.83. The van der Waals surface area contributed by atoms with E-state index in [0.29, 0.717) is 0 Å². The maximum Gasteiger partial charge on any atom is 0.117 e. The summed E-state index contributed by atoms with van der Waals surface area (Å²) in [5.74, 6) is 0. The minimum Gasteiger partial charge on any atom is -0.379 e. The molecular weight excluding hydrogens is 250 g/mol. The zero-order chi connectivity index (χ0) is 14.7. The highest BCUT2D eigenvalue weighted by molar-refractivity contribution is 4.82. The molecule has 0 aromatic heterocycles. The van der Waals surface area contributed by atoms with Gasteiger partial charge in [0.2, 0.25) is 0 Å². The van der Waals surface area contributed by atoms with Crippen LogP contribution in [0.15, 0.2) is 0 Å². The molecule has 120 valence electrons. The van der Waals surface area contributed by atoms with E-state index in [-0.39, 0.29) is 0 Å². The van der Waals surface area contributed by atoms with Gasteiger partial charge in [0.1, 0.15) is 12.0 Å². The van der Waals surface area contributed by atoms with E-state index in [9.17, 15) is 10.2 Å². The molecule has 0 aromatic rings. The Morgan fingerprint density at radius 1 is 0.900 bits per heavy atom. The van der Waals surface area contributed by atoms with Crippen LogP contribution in [0.3, 0.4) is 0 Å². The summed E-state index contributed by atoms with van der Waals surface area (Å²) in [4.78, 5) is 0. The third kappa shape index (κ3) is 8.23. The highest BCUT2D eigenvalue weighted by atomic mass is 16.3. The summed E-state index contributed by atoms with van der Waals surface area (Å²) in [7, 11) is 0. The Hall–Kier alpha value is -0.120. The highest BCUT2D eigenvalue weighted by Gasteiger charge is 2.32. The van der Waals surface area contributed by atoms with E-state index in [4.69, 9.17) is 0 Å². The van der Waals surface area contributed by atoms with Crippen LogP contribution >= 0.6 is 0 Å². The summed E-state index contributed by atoms with van der Waals surface area (Å²) in [5, 5.41) is 23.0. The Bertz CT molecular complexity index is 227. The van der Waals surface area contributed by atoms with Crippen LogP contribution in [0.5, 0.6) is 0 Å². The van der Waals surface area contributed by atoms with Crippen molar-refractivity contribution in [2.45, 2.75) is 109 Å². The SMILES string of the molecule is CCCCCCCCCCCC(O)NC1(O)CCCC1. The first-order valence-corrected chi connectivity index (χ1v) is 8.84. The first-order valence-electron chi connectivity index (χ1n) is 8.84. The van der Waals surface area contributed by atoms with Crippen molar-refractivity contribution in [3.63, 3.8) is 0 Å². The van der Waals surface area contributed by atoms with Gasteiger partial charge < -0.3 is 10.2 Å². The van der Waals surface area contributed by atoms with E-state index in [1.165, 1.54) is 51.4 Å². The quantitative estimate of drug-likeness (QED) is 0.374. The van der Waals surface area contributed by atoms with Crippen molar-refractivity contribution < 1.29 is 10.2 Å². The van der Waals surface area contributed by atoms with Gasteiger partial charge in [0, 0.05) is 0 Å². The molecule has 1 atom stereocenters. The maximum atomic E-state index is 10.1. The molecule has 1 unspecified atom stereocenters. The Balaban J connectivity index is 1.88. The molecule has 1 saturated carbocycles. The monoisotopic (exact) mass is 285 g/mol. The normalized spacial score (nSPS) is 19.4. The standard InChI is InChI=1S/C17H35NO2/c1-2-3-4-5-6-7-8-9-10-13-16(19)18-17(20)14-11-12-15-17/h16,18-20H,2-15H2,1H3. The smallest absolute Gasteiger partial charge is 0.117 e. The second-order valence-electron chi connectivity index (χ2n) is 6.52. The Morgan fingerprint density at radius 2 is 1.40 bits per heavy atom. The molecule has 0 aliphatic heterocycles. The van der Waals surface area contributed by atoms with Crippen LogP contribution in [0.25, 0.3) is 0 Å². The van der Waals surface area contributed by atoms with Gasteiger partial charge in [-0.2, -0.15) is 0 Å². The van der Waals surface area contributed by atoms with Crippen LogP contribution in [-0.2, 0) is 0 Å². The number of nitrogens with one attached hydrogen (secondary N) is 1. The van der Waals surface area contributed by atoms with Gasteiger partial charge in [-0.3, -0.25) is 5.32 Å². The maximum absolute atomic E-state index is 10.1. The van der Waals surface area contributed by atoms with E-state index in [0.717, 1.165) is 38.5 Å². The summed E-state index contributed by atoms with van der Waals surface area (Å²) < 4.78 is 0. The lowest BCUT2D eigenvalue weighted by atomic mass is 10.1. The molecule has 0 spiro atoms. The van der Waals surface area contributed by atoms with Crippen LogP contribution in [-0.4, -0.2) is 22.2 Å². The van der Waals surface area contributed by atoms with Gasteiger partial charge in [0.25, 0.3) is 0 Å². The van der Waals surface area contributed by atoms with Crippen LogP contribution in [0.2, 0.25) is 0 Å². The van der Waals surface area contributed by atoms with Crippen LogP contribution in [0.1, 0.15) is 96.8 Å². The van der Waals surface area contributed by atoms with Crippen molar-refractivity contribution in [3.05, 3.63) is 0 Å². The molecule has 3 heteroatoms. The molecular formula is C17H35NO2.